The number of ether oxygens (including phenoxy) is 2. The number of benzene rings is 1. The smallest absolute Gasteiger partial charge is 0.209 e. The molecule has 7 heteroatoms. The molecule has 0 bridgehead atoms. The van der Waals surface area contributed by atoms with E-state index < -0.39 is 10.0 Å². The van der Waals surface area contributed by atoms with Crippen molar-refractivity contribution < 1.29 is 17.9 Å². The van der Waals surface area contributed by atoms with Gasteiger partial charge in [-0.05, 0) is 50.0 Å². The third kappa shape index (κ3) is 4.37. The van der Waals surface area contributed by atoms with Gasteiger partial charge in [0.15, 0.2) is 0 Å². The minimum absolute atomic E-state index is 0.103. The standard InChI is InChI=1S/C16H24N2O4S/c1-21-14-2-3-16-13(8-14)9-15(22-16)10-18-6-4-12(5-7-18)11-23(17,19)20/h2-3,8,12,15H,4-7,9-11H2,1H3,(H2,17,19,20). The van der Waals surface area contributed by atoms with Crippen LogP contribution in [0.2, 0.25) is 0 Å². The average molecular weight is 340 g/mol. The van der Waals surface area contributed by atoms with Gasteiger partial charge in [0.1, 0.15) is 17.6 Å². The van der Waals surface area contributed by atoms with E-state index in [1.165, 1.54) is 5.56 Å². The third-order valence-electron chi connectivity index (χ3n) is 4.65. The summed E-state index contributed by atoms with van der Waals surface area (Å²) in [4.78, 5) is 2.35. The highest BCUT2D eigenvalue weighted by Crippen LogP contribution is 2.32. The SMILES string of the molecule is COc1ccc2c(c1)CC(CN1CCC(CS(N)(=O)=O)CC1)O2. The van der Waals surface area contributed by atoms with E-state index >= 15 is 0 Å². The summed E-state index contributed by atoms with van der Waals surface area (Å²) in [5.74, 6) is 2.09. The van der Waals surface area contributed by atoms with Gasteiger partial charge in [0.05, 0.1) is 12.9 Å². The molecule has 6 nitrogen and oxygen atoms in total. The van der Waals surface area contributed by atoms with Crippen LogP contribution in [0.15, 0.2) is 18.2 Å². The summed E-state index contributed by atoms with van der Waals surface area (Å²) in [6, 6.07) is 5.92. The normalized spacial score (nSPS) is 22.6. The lowest BCUT2D eigenvalue weighted by Crippen LogP contribution is -2.41. The van der Waals surface area contributed by atoms with E-state index in [9.17, 15) is 8.42 Å². The van der Waals surface area contributed by atoms with Crippen molar-refractivity contribution in [1.29, 1.82) is 0 Å². The largest absolute Gasteiger partial charge is 0.497 e. The molecular weight excluding hydrogens is 316 g/mol. The predicted molar refractivity (Wildman–Crippen MR) is 88.3 cm³/mol. The summed E-state index contributed by atoms with van der Waals surface area (Å²) in [6.07, 6.45) is 2.81. The topological polar surface area (TPSA) is 81.9 Å². The maximum atomic E-state index is 11.2. The highest BCUT2D eigenvalue weighted by Gasteiger charge is 2.28. The minimum Gasteiger partial charge on any atom is -0.497 e. The summed E-state index contributed by atoms with van der Waals surface area (Å²) in [5.41, 5.74) is 1.19. The number of sulfonamides is 1. The van der Waals surface area contributed by atoms with Gasteiger partial charge in [-0.3, -0.25) is 4.90 Å². The molecule has 2 aliphatic heterocycles. The molecule has 2 aliphatic rings. The number of nitrogens with two attached hydrogens (primary N) is 1. The molecule has 1 fully saturated rings. The zero-order valence-electron chi connectivity index (χ0n) is 13.4. The Morgan fingerprint density at radius 1 is 1.35 bits per heavy atom. The van der Waals surface area contributed by atoms with E-state index in [2.05, 4.69) is 4.90 Å². The quantitative estimate of drug-likeness (QED) is 0.865. The van der Waals surface area contributed by atoms with Crippen LogP contribution in [-0.4, -0.2) is 51.9 Å². The molecule has 0 amide bonds. The molecule has 0 saturated carbocycles. The number of piperidine rings is 1. The zero-order valence-corrected chi connectivity index (χ0v) is 14.2. The monoisotopic (exact) mass is 340 g/mol. The number of nitrogens with zero attached hydrogens (tertiary/aromatic N) is 1. The highest BCUT2D eigenvalue weighted by molar-refractivity contribution is 7.89. The van der Waals surface area contributed by atoms with Crippen LogP contribution in [0, 0.1) is 5.92 Å². The number of fused-ring (bicyclic) bond motifs is 1. The molecule has 1 saturated heterocycles. The van der Waals surface area contributed by atoms with Crippen LogP contribution in [0.25, 0.3) is 0 Å². The van der Waals surface area contributed by atoms with E-state index in [-0.39, 0.29) is 17.8 Å². The van der Waals surface area contributed by atoms with Crippen molar-refractivity contribution in [1.82, 2.24) is 4.90 Å². The molecule has 1 atom stereocenters. The van der Waals surface area contributed by atoms with Crippen molar-refractivity contribution >= 4 is 10.0 Å². The van der Waals surface area contributed by atoms with Crippen LogP contribution >= 0.6 is 0 Å². The Morgan fingerprint density at radius 2 is 2.09 bits per heavy atom. The maximum Gasteiger partial charge on any atom is 0.209 e. The predicted octanol–water partition coefficient (Wildman–Crippen LogP) is 0.999. The lowest BCUT2D eigenvalue weighted by Gasteiger charge is -2.32. The Morgan fingerprint density at radius 3 is 2.74 bits per heavy atom. The van der Waals surface area contributed by atoms with E-state index in [4.69, 9.17) is 14.6 Å². The number of hydrogen-bond acceptors (Lipinski definition) is 5. The fourth-order valence-corrected chi connectivity index (χ4v) is 4.47. The molecule has 1 aromatic rings. The van der Waals surface area contributed by atoms with Gasteiger partial charge in [-0.15, -0.1) is 0 Å². The van der Waals surface area contributed by atoms with E-state index in [1.807, 2.05) is 18.2 Å². The van der Waals surface area contributed by atoms with Crippen molar-refractivity contribution in [3.8, 4) is 11.5 Å². The Kier molecular flexibility index (Phi) is 4.79. The van der Waals surface area contributed by atoms with Crippen molar-refractivity contribution in [3.63, 3.8) is 0 Å². The van der Waals surface area contributed by atoms with Gasteiger partial charge in [0.25, 0.3) is 0 Å². The number of methoxy groups -OCH3 is 1. The van der Waals surface area contributed by atoms with Gasteiger partial charge < -0.3 is 9.47 Å². The average Bonchev–Trinajstić information content (AvgIpc) is 2.89. The van der Waals surface area contributed by atoms with E-state index in [0.29, 0.717) is 0 Å². The maximum absolute atomic E-state index is 11.2. The van der Waals surface area contributed by atoms with Crippen LogP contribution < -0.4 is 14.6 Å². The molecule has 3 rings (SSSR count). The van der Waals surface area contributed by atoms with E-state index in [0.717, 1.165) is 50.4 Å². The number of hydrogen-bond donors (Lipinski definition) is 1. The molecular formula is C16H24N2O4S. The second kappa shape index (κ2) is 6.67. The van der Waals surface area contributed by atoms with Crippen LogP contribution in [0.3, 0.4) is 0 Å². The Bertz CT molecular complexity index is 654. The lowest BCUT2D eigenvalue weighted by molar-refractivity contribution is 0.120. The summed E-state index contributed by atoms with van der Waals surface area (Å²) >= 11 is 0. The fraction of sp³-hybridized carbons (Fsp3) is 0.625. The first-order chi connectivity index (χ1) is 10.9. The van der Waals surface area contributed by atoms with Crippen molar-refractivity contribution in [2.24, 2.45) is 11.1 Å². The summed E-state index contributed by atoms with van der Waals surface area (Å²) in [5, 5.41) is 5.13. The van der Waals surface area contributed by atoms with Crippen molar-refractivity contribution in [2.75, 3.05) is 32.5 Å². The number of likely N-dealkylation sites (tertiary alicyclic amines) is 1. The third-order valence-corrected chi connectivity index (χ3v) is 5.58. The Balaban J connectivity index is 1.49. The van der Waals surface area contributed by atoms with Gasteiger partial charge >= 0.3 is 0 Å². The minimum atomic E-state index is -3.36. The van der Waals surface area contributed by atoms with Gasteiger partial charge in [-0.2, -0.15) is 0 Å². The second-order valence-electron chi connectivity index (χ2n) is 6.49. The molecule has 23 heavy (non-hydrogen) atoms. The fourth-order valence-electron chi connectivity index (χ4n) is 3.48. The second-order valence-corrected chi connectivity index (χ2v) is 8.15. The molecule has 128 valence electrons. The summed E-state index contributed by atoms with van der Waals surface area (Å²) < 4.78 is 33.6. The Labute approximate surface area is 137 Å². The van der Waals surface area contributed by atoms with Crippen LogP contribution in [-0.2, 0) is 16.4 Å². The van der Waals surface area contributed by atoms with Gasteiger partial charge in [-0.25, -0.2) is 13.6 Å². The Hall–Kier alpha value is -1.31. The number of primary sulfonamides is 1. The lowest BCUT2D eigenvalue weighted by atomic mass is 9.98. The van der Waals surface area contributed by atoms with Crippen molar-refractivity contribution in [3.05, 3.63) is 23.8 Å². The van der Waals surface area contributed by atoms with Crippen LogP contribution in [0.4, 0.5) is 0 Å². The first-order valence-electron chi connectivity index (χ1n) is 7.99. The van der Waals surface area contributed by atoms with Gasteiger partial charge in [0.2, 0.25) is 10.0 Å². The van der Waals surface area contributed by atoms with Crippen molar-refractivity contribution in [2.45, 2.75) is 25.4 Å². The summed E-state index contributed by atoms with van der Waals surface area (Å²) in [6.45, 7) is 2.68. The molecule has 0 aliphatic carbocycles. The molecule has 2 heterocycles. The summed E-state index contributed by atoms with van der Waals surface area (Å²) in [7, 11) is -1.69. The molecule has 0 radical (unpaired) electrons. The molecule has 1 aromatic carbocycles. The molecule has 0 spiro atoms. The van der Waals surface area contributed by atoms with E-state index in [1.54, 1.807) is 7.11 Å². The first-order valence-corrected chi connectivity index (χ1v) is 9.71. The van der Waals surface area contributed by atoms with Crippen LogP contribution in [0.5, 0.6) is 11.5 Å². The number of rotatable bonds is 5. The van der Waals surface area contributed by atoms with Gasteiger partial charge in [-0.1, -0.05) is 0 Å². The molecule has 2 N–H and O–H groups in total. The highest BCUT2D eigenvalue weighted by atomic mass is 32.2. The van der Waals surface area contributed by atoms with Crippen LogP contribution in [0.1, 0.15) is 18.4 Å². The molecule has 1 unspecified atom stereocenters. The zero-order chi connectivity index (χ0) is 16.4. The molecule has 0 aromatic heterocycles. The first kappa shape index (κ1) is 16.5. The van der Waals surface area contributed by atoms with Gasteiger partial charge in [0, 0.05) is 18.5 Å².